The van der Waals surface area contributed by atoms with Gasteiger partial charge in [0.2, 0.25) is 5.89 Å². The number of carboxylic acid groups (broad SMARTS) is 1. The third-order valence-corrected chi connectivity index (χ3v) is 6.45. The van der Waals surface area contributed by atoms with Crippen molar-refractivity contribution in [1.29, 1.82) is 0 Å². The third-order valence-electron chi connectivity index (χ3n) is 6.45. The van der Waals surface area contributed by atoms with Crippen molar-refractivity contribution in [2.75, 3.05) is 6.61 Å². The van der Waals surface area contributed by atoms with E-state index >= 15 is 0 Å². The van der Waals surface area contributed by atoms with Crippen molar-refractivity contribution < 1.29 is 32.2 Å². The SMILES string of the molecule is Cc1oc(-c2ccccc2)nc1CCOc1cccc(Cc2cn(-c3ccc(C(F)(F)F)cc3)cc2C(=O)O)c1. The van der Waals surface area contributed by atoms with Crippen LogP contribution in [0.15, 0.2) is 95.7 Å². The lowest BCUT2D eigenvalue weighted by atomic mass is 10.0. The Kier molecular flexibility index (Phi) is 7.46. The molecule has 204 valence electrons. The lowest BCUT2D eigenvalue weighted by Gasteiger charge is -2.08. The molecule has 0 aliphatic carbocycles. The first kappa shape index (κ1) is 26.8. The standard InChI is InChI=1S/C31H25F3N2O4/c1-20-28(35-29(40-20)22-7-3-2-4-8-22)14-15-39-26-9-5-6-21(17-26)16-23-18-36(19-27(23)30(37)38)25-12-10-24(11-13-25)31(32,33)34/h2-13,17-19H,14-16H2,1H3,(H,37,38). The maximum Gasteiger partial charge on any atom is 0.416 e. The fraction of sp³-hybridized carbons (Fsp3) is 0.161. The first-order valence-electron chi connectivity index (χ1n) is 12.5. The van der Waals surface area contributed by atoms with Crippen LogP contribution in [0.2, 0.25) is 0 Å². The van der Waals surface area contributed by atoms with Gasteiger partial charge in [0.25, 0.3) is 0 Å². The van der Waals surface area contributed by atoms with Gasteiger partial charge in [-0.25, -0.2) is 9.78 Å². The fourth-order valence-corrected chi connectivity index (χ4v) is 4.40. The van der Waals surface area contributed by atoms with E-state index in [0.29, 0.717) is 42.3 Å². The Bertz CT molecular complexity index is 1620. The number of aryl methyl sites for hydroxylation is 1. The molecule has 2 aromatic heterocycles. The van der Waals surface area contributed by atoms with Gasteiger partial charge >= 0.3 is 12.1 Å². The number of carboxylic acids is 1. The van der Waals surface area contributed by atoms with Gasteiger partial charge in [-0.15, -0.1) is 0 Å². The van der Waals surface area contributed by atoms with E-state index in [1.165, 1.54) is 22.9 Å². The van der Waals surface area contributed by atoms with Gasteiger partial charge in [0.1, 0.15) is 11.5 Å². The van der Waals surface area contributed by atoms with Crippen molar-refractivity contribution in [2.24, 2.45) is 0 Å². The topological polar surface area (TPSA) is 77.5 Å². The minimum Gasteiger partial charge on any atom is -0.493 e. The van der Waals surface area contributed by atoms with Crippen LogP contribution in [-0.4, -0.2) is 27.2 Å². The Morgan fingerprint density at radius 1 is 1.00 bits per heavy atom. The molecule has 40 heavy (non-hydrogen) atoms. The van der Waals surface area contributed by atoms with Gasteiger partial charge < -0.3 is 18.8 Å². The second-order valence-electron chi connectivity index (χ2n) is 9.26. The minimum atomic E-state index is -4.45. The number of carbonyl (C=O) groups is 1. The summed E-state index contributed by atoms with van der Waals surface area (Å²) in [5.74, 6) is 0.800. The zero-order valence-electron chi connectivity index (χ0n) is 21.5. The number of hydrogen-bond donors (Lipinski definition) is 1. The van der Waals surface area contributed by atoms with Gasteiger partial charge in [0, 0.05) is 30.1 Å². The number of benzene rings is 3. The van der Waals surface area contributed by atoms with Gasteiger partial charge in [0.15, 0.2) is 0 Å². The zero-order valence-corrected chi connectivity index (χ0v) is 21.5. The largest absolute Gasteiger partial charge is 0.493 e. The van der Waals surface area contributed by atoms with Crippen molar-refractivity contribution in [1.82, 2.24) is 9.55 Å². The Hall–Kier alpha value is -4.79. The lowest BCUT2D eigenvalue weighted by Crippen LogP contribution is -2.04. The maximum atomic E-state index is 12.9. The number of rotatable bonds is 9. The number of ether oxygens (including phenoxy) is 1. The van der Waals surface area contributed by atoms with Crippen molar-refractivity contribution in [2.45, 2.75) is 25.9 Å². The number of oxazole rings is 1. The molecule has 5 rings (SSSR count). The first-order valence-corrected chi connectivity index (χ1v) is 12.5. The summed E-state index contributed by atoms with van der Waals surface area (Å²) < 4.78 is 52.0. The number of aromatic carboxylic acids is 1. The van der Waals surface area contributed by atoms with Crippen LogP contribution in [0.1, 0.15) is 38.5 Å². The van der Waals surface area contributed by atoms with Crippen LogP contribution < -0.4 is 4.74 Å². The molecule has 2 heterocycles. The molecule has 0 aliphatic rings. The second-order valence-corrected chi connectivity index (χ2v) is 9.26. The molecule has 0 bridgehead atoms. The molecular formula is C31H25F3N2O4. The highest BCUT2D eigenvalue weighted by atomic mass is 19.4. The maximum absolute atomic E-state index is 12.9. The molecule has 6 nitrogen and oxygen atoms in total. The van der Waals surface area contributed by atoms with E-state index in [1.807, 2.05) is 61.5 Å². The highest BCUT2D eigenvalue weighted by Crippen LogP contribution is 2.30. The van der Waals surface area contributed by atoms with Crippen LogP contribution in [0.4, 0.5) is 13.2 Å². The molecule has 0 atom stereocenters. The second kappa shape index (κ2) is 11.1. The molecule has 0 spiro atoms. The van der Waals surface area contributed by atoms with Gasteiger partial charge in [0.05, 0.1) is 23.4 Å². The van der Waals surface area contributed by atoms with Crippen LogP contribution in [0.5, 0.6) is 5.75 Å². The molecule has 9 heteroatoms. The highest BCUT2D eigenvalue weighted by molar-refractivity contribution is 5.89. The van der Waals surface area contributed by atoms with Crippen molar-refractivity contribution in [3.8, 4) is 22.9 Å². The van der Waals surface area contributed by atoms with Crippen molar-refractivity contribution in [3.05, 3.63) is 125 Å². The van der Waals surface area contributed by atoms with Gasteiger partial charge in [-0.2, -0.15) is 13.2 Å². The monoisotopic (exact) mass is 546 g/mol. The third kappa shape index (κ3) is 6.09. The Labute approximate surface area is 228 Å². The molecule has 0 saturated carbocycles. The Morgan fingerprint density at radius 3 is 2.45 bits per heavy atom. The van der Waals surface area contributed by atoms with Gasteiger partial charge in [-0.3, -0.25) is 0 Å². The molecule has 0 saturated heterocycles. The number of hydrogen-bond acceptors (Lipinski definition) is 4. The summed E-state index contributed by atoms with van der Waals surface area (Å²) in [6.07, 6.45) is -0.568. The molecule has 0 amide bonds. The van der Waals surface area contributed by atoms with E-state index in [1.54, 1.807) is 6.20 Å². The van der Waals surface area contributed by atoms with Gasteiger partial charge in [-0.1, -0.05) is 30.3 Å². The van der Waals surface area contributed by atoms with Crippen LogP contribution >= 0.6 is 0 Å². The Balaban J connectivity index is 1.26. The van der Waals surface area contributed by atoms with Gasteiger partial charge in [-0.05, 0) is 73.0 Å². The summed E-state index contributed by atoms with van der Waals surface area (Å²) in [7, 11) is 0. The predicted molar refractivity (Wildman–Crippen MR) is 143 cm³/mol. The number of nitrogens with zero attached hydrogens (tertiary/aromatic N) is 2. The van der Waals surface area contributed by atoms with E-state index in [2.05, 4.69) is 4.98 Å². The normalized spacial score (nSPS) is 11.5. The average molecular weight is 547 g/mol. The lowest BCUT2D eigenvalue weighted by molar-refractivity contribution is -0.137. The summed E-state index contributed by atoms with van der Waals surface area (Å²) in [4.78, 5) is 16.5. The number of aromatic nitrogens is 2. The molecule has 0 aliphatic heterocycles. The van der Waals surface area contributed by atoms with E-state index in [4.69, 9.17) is 9.15 Å². The smallest absolute Gasteiger partial charge is 0.416 e. The van der Waals surface area contributed by atoms with E-state index < -0.39 is 17.7 Å². The molecular weight excluding hydrogens is 521 g/mol. The number of halogens is 3. The summed E-state index contributed by atoms with van der Waals surface area (Å²) >= 11 is 0. The molecule has 1 N–H and O–H groups in total. The average Bonchev–Trinajstić information content (AvgIpc) is 3.53. The van der Waals surface area contributed by atoms with Crippen molar-refractivity contribution >= 4 is 5.97 Å². The Morgan fingerprint density at radius 2 is 1.75 bits per heavy atom. The van der Waals surface area contributed by atoms with E-state index in [-0.39, 0.29) is 5.56 Å². The summed E-state index contributed by atoms with van der Waals surface area (Å²) in [6.45, 7) is 2.24. The molecule has 0 unspecified atom stereocenters. The van der Waals surface area contributed by atoms with Crippen molar-refractivity contribution in [3.63, 3.8) is 0 Å². The summed E-state index contributed by atoms with van der Waals surface area (Å²) in [5.41, 5.74) is 2.79. The molecule has 0 fully saturated rings. The van der Waals surface area contributed by atoms with E-state index in [9.17, 15) is 23.1 Å². The molecule has 3 aromatic carbocycles. The highest BCUT2D eigenvalue weighted by Gasteiger charge is 2.30. The van der Waals surface area contributed by atoms with E-state index in [0.717, 1.165) is 34.7 Å². The summed E-state index contributed by atoms with van der Waals surface area (Å²) in [6, 6.07) is 21.6. The zero-order chi connectivity index (χ0) is 28.3. The fourth-order valence-electron chi connectivity index (χ4n) is 4.40. The first-order chi connectivity index (χ1) is 19.2. The number of alkyl halides is 3. The van der Waals surface area contributed by atoms with Crippen LogP contribution in [0, 0.1) is 6.92 Å². The van der Waals surface area contributed by atoms with Crippen LogP contribution in [-0.2, 0) is 19.0 Å². The van der Waals surface area contributed by atoms with Crippen LogP contribution in [0.25, 0.3) is 17.1 Å². The molecule has 5 aromatic rings. The quantitative estimate of drug-likeness (QED) is 0.209. The minimum absolute atomic E-state index is 0.0712. The van der Waals surface area contributed by atoms with Crippen LogP contribution in [0.3, 0.4) is 0 Å². The predicted octanol–water partition coefficient (Wildman–Crippen LogP) is 7.37. The molecule has 0 radical (unpaired) electrons. The summed E-state index contributed by atoms with van der Waals surface area (Å²) in [5, 5.41) is 9.73.